The van der Waals surface area contributed by atoms with Crippen molar-refractivity contribution in [3.8, 4) is 0 Å². The molecule has 0 aromatic rings. The van der Waals surface area contributed by atoms with Gasteiger partial charge in [0.1, 0.15) is 0 Å². The third-order valence-corrected chi connectivity index (χ3v) is 0. The van der Waals surface area contributed by atoms with E-state index >= 15 is 0 Å². The molecule has 0 aliphatic rings. The summed E-state index contributed by atoms with van der Waals surface area (Å²) in [5.74, 6) is 0. The quantitative estimate of drug-likeness (QED) is 0.344. The molecule has 0 aromatic heterocycles. The van der Waals surface area contributed by atoms with Crippen molar-refractivity contribution in [2.45, 2.75) is 0 Å². The fourth-order valence-electron chi connectivity index (χ4n) is 0. The predicted octanol–water partition coefficient (Wildman–Crippen LogP) is -3.21. The second-order valence-corrected chi connectivity index (χ2v) is 1.34. The van der Waals surface area contributed by atoms with E-state index < -0.39 is 7.82 Å². The zero-order chi connectivity index (χ0) is 4.50. The maximum atomic E-state index is 8.55. The molecule has 0 saturated heterocycles. The number of rotatable bonds is 0. The van der Waals surface area contributed by atoms with E-state index in [0.717, 1.165) is 0 Å². The number of phosphoric acid groups is 1. The molecule has 0 N–H and O–H groups in total. The predicted molar refractivity (Wildman–Crippen MR) is 13.4 cm³/mol. The SMILES string of the molecule is O=P([O-])([O-])[O-].[Ca+2].[La+3]. The third-order valence-electron chi connectivity index (χ3n) is 0. The van der Waals surface area contributed by atoms with E-state index in [1.54, 1.807) is 0 Å². The molecule has 0 aromatic carbocycles. The van der Waals surface area contributed by atoms with Crippen molar-refractivity contribution in [2.24, 2.45) is 0 Å². The Bertz CT molecular complexity index is 57.8. The Kier molecular flexibility index (Phi) is 15.5. The van der Waals surface area contributed by atoms with E-state index in [1.165, 1.54) is 0 Å². The fourth-order valence-corrected chi connectivity index (χ4v) is 0. The van der Waals surface area contributed by atoms with Crippen LogP contribution < -0.4 is 14.7 Å². The molecule has 0 atom stereocenters. The third kappa shape index (κ3) is 56.1. The summed E-state index contributed by atoms with van der Waals surface area (Å²) < 4.78 is 8.55. The van der Waals surface area contributed by atoms with Crippen LogP contribution in [0.5, 0.6) is 0 Å². The molecule has 7 heteroatoms. The van der Waals surface area contributed by atoms with Crippen LogP contribution in [0, 0.1) is 35.6 Å². The molecule has 0 rings (SSSR count). The van der Waals surface area contributed by atoms with E-state index in [4.69, 9.17) is 19.2 Å². The summed E-state index contributed by atoms with van der Waals surface area (Å²) in [6.45, 7) is 0. The first-order valence-corrected chi connectivity index (χ1v) is 2.19. The van der Waals surface area contributed by atoms with Gasteiger partial charge in [-0.1, -0.05) is 0 Å². The van der Waals surface area contributed by atoms with Gasteiger partial charge < -0.3 is 19.2 Å². The van der Waals surface area contributed by atoms with Crippen LogP contribution in [0.1, 0.15) is 0 Å². The molecule has 0 unspecified atom stereocenters. The zero-order valence-electron chi connectivity index (χ0n) is 3.36. The molecule has 32 valence electrons. The molecule has 0 saturated carbocycles. The van der Waals surface area contributed by atoms with E-state index in [0.29, 0.717) is 0 Å². The van der Waals surface area contributed by atoms with Crippen molar-refractivity contribution in [1.29, 1.82) is 0 Å². The van der Waals surface area contributed by atoms with Crippen LogP contribution >= 0.6 is 7.82 Å². The van der Waals surface area contributed by atoms with Crippen LogP contribution in [0.2, 0.25) is 0 Å². The van der Waals surface area contributed by atoms with Gasteiger partial charge in [-0.3, -0.25) is 0 Å². The average Bonchev–Trinajstić information content (AvgIpc) is 0.722. The van der Waals surface area contributed by atoms with Gasteiger partial charge in [0.05, 0.1) is 0 Å². The Labute approximate surface area is 98.5 Å². The minimum atomic E-state index is -5.39. The van der Waals surface area contributed by atoms with Crippen molar-refractivity contribution in [1.82, 2.24) is 0 Å². The van der Waals surface area contributed by atoms with Crippen molar-refractivity contribution in [3.63, 3.8) is 0 Å². The van der Waals surface area contributed by atoms with Crippen LogP contribution in [-0.2, 0) is 4.57 Å². The summed E-state index contributed by atoms with van der Waals surface area (Å²) in [5.41, 5.74) is 0. The summed E-state index contributed by atoms with van der Waals surface area (Å²) in [7, 11) is -5.39. The van der Waals surface area contributed by atoms with E-state index in [9.17, 15) is 0 Å². The van der Waals surface area contributed by atoms with Gasteiger partial charge in [-0.25, -0.2) is 0 Å². The Balaban J connectivity index is -0.0000000800. The smallest absolute Gasteiger partial charge is 0.822 e. The largest absolute Gasteiger partial charge is 3.00 e. The molecular weight excluding hydrogens is 274 g/mol. The molecule has 0 aliphatic carbocycles. The van der Waals surface area contributed by atoms with Gasteiger partial charge in [0, 0.05) is 0 Å². The number of hydrogen-bond acceptors (Lipinski definition) is 4. The fraction of sp³-hybridized carbons (Fsp3) is 0. The molecule has 0 amide bonds. The Hall–Kier alpha value is 2.56. The molecular formula is CaLaO4P+2. The molecule has 0 radical (unpaired) electrons. The normalized spacial score (nSPS) is 8.43. The molecule has 0 bridgehead atoms. The van der Waals surface area contributed by atoms with Gasteiger partial charge in [0.15, 0.2) is 0 Å². The van der Waals surface area contributed by atoms with Crippen molar-refractivity contribution in [3.05, 3.63) is 0 Å². The van der Waals surface area contributed by atoms with Gasteiger partial charge in [0.2, 0.25) is 0 Å². The van der Waals surface area contributed by atoms with Gasteiger partial charge in [-0.2, -0.15) is 7.82 Å². The summed E-state index contributed by atoms with van der Waals surface area (Å²) in [6, 6.07) is 0. The van der Waals surface area contributed by atoms with Crippen molar-refractivity contribution >= 4 is 45.6 Å². The number of hydrogen-bond donors (Lipinski definition) is 0. The second-order valence-electron chi connectivity index (χ2n) is 0.447. The summed E-state index contributed by atoms with van der Waals surface area (Å²) >= 11 is 0. The molecule has 4 nitrogen and oxygen atoms in total. The molecule has 0 aliphatic heterocycles. The van der Waals surface area contributed by atoms with Gasteiger partial charge >= 0.3 is 73.3 Å². The van der Waals surface area contributed by atoms with Crippen LogP contribution in [0.3, 0.4) is 0 Å². The topological polar surface area (TPSA) is 86.2 Å². The van der Waals surface area contributed by atoms with Crippen molar-refractivity contribution < 1.29 is 54.8 Å². The Morgan fingerprint density at radius 3 is 1.14 bits per heavy atom. The minimum Gasteiger partial charge on any atom is -0.822 e. The maximum absolute atomic E-state index is 8.55. The molecule has 0 heterocycles. The summed E-state index contributed by atoms with van der Waals surface area (Å²) in [4.78, 5) is 25.6. The molecule has 7 heavy (non-hydrogen) atoms. The minimum absolute atomic E-state index is 0. The molecule has 0 fully saturated rings. The maximum Gasteiger partial charge on any atom is 3.00 e. The van der Waals surface area contributed by atoms with Crippen molar-refractivity contribution in [2.75, 3.05) is 0 Å². The van der Waals surface area contributed by atoms with Crippen LogP contribution in [0.25, 0.3) is 0 Å². The Morgan fingerprint density at radius 2 is 1.14 bits per heavy atom. The van der Waals surface area contributed by atoms with Gasteiger partial charge in [0.25, 0.3) is 0 Å². The zero-order valence-corrected chi connectivity index (χ0v) is 10.1. The first-order valence-electron chi connectivity index (χ1n) is 0.730. The summed E-state index contributed by atoms with van der Waals surface area (Å²) in [6.07, 6.45) is 0. The molecule has 0 spiro atoms. The van der Waals surface area contributed by atoms with E-state index in [2.05, 4.69) is 0 Å². The standard InChI is InChI=1S/Ca.La.H3O4P/c;;1-5(2,3)4/h;;(H3,1,2,3,4)/q+2;+3;/p-3. The van der Waals surface area contributed by atoms with Crippen LogP contribution in [0.4, 0.5) is 0 Å². The van der Waals surface area contributed by atoms with E-state index in [-0.39, 0.29) is 73.3 Å². The van der Waals surface area contributed by atoms with E-state index in [1.807, 2.05) is 0 Å². The van der Waals surface area contributed by atoms with Crippen LogP contribution in [-0.4, -0.2) is 37.7 Å². The summed E-state index contributed by atoms with van der Waals surface area (Å²) in [5, 5.41) is 0. The monoisotopic (exact) mass is 274 g/mol. The average molecular weight is 274 g/mol. The second kappa shape index (κ2) is 6.68. The van der Waals surface area contributed by atoms with Gasteiger partial charge in [-0.15, -0.1) is 0 Å². The first kappa shape index (κ1) is 16.3. The first-order chi connectivity index (χ1) is 2.00. The van der Waals surface area contributed by atoms with Crippen LogP contribution in [0.15, 0.2) is 0 Å². The van der Waals surface area contributed by atoms with Gasteiger partial charge in [-0.05, 0) is 0 Å². The Morgan fingerprint density at radius 1 is 1.14 bits per heavy atom.